The van der Waals surface area contributed by atoms with Crippen LogP contribution in [0.1, 0.15) is 45.4 Å². The lowest BCUT2D eigenvalue weighted by molar-refractivity contribution is -0.129. The van der Waals surface area contributed by atoms with Gasteiger partial charge in [-0.2, -0.15) is 0 Å². The van der Waals surface area contributed by atoms with Crippen LogP contribution in [-0.4, -0.2) is 34.7 Å². The number of rotatable bonds is 3. The van der Waals surface area contributed by atoms with Crippen molar-refractivity contribution in [2.75, 3.05) is 0 Å². The summed E-state index contributed by atoms with van der Waals surface area (Å²) >= 11 is 0. The van der Waals surface area contributed by atoms with Gasteiger partial charge in [0.1, 0.15) is 5.78 Å². The molecule has 2 aliphatic rings. The van der Waals surface area contributed by atoms with Crippen molar-refractivity contribution in [2.45, 2.75) is 63.6 Å². The minimum Gasteiger partial charge on any atom is -0.370 e. The number of nitrogens with two attached hydrogens (primary N) is 1. The van der Waals surface area contributed by atoms with Crippen LogP contribution in [0.2, 0.25) is 0 Å². The number of piperidine rings is 2. The molecule has 4 heteroatoms. The van der Waals surface area contributed by atoms with Gasteiger partial charge in [0, 0.05) is 37.4 Å². The molecule has 2 aliphatic heterocycles. The summed E-state index contributed by atoms with van der Waals surface area (Å²) < 4.78 is 0. The van der Waals surface area contributed by atoms with Crippen LogP contribution < -0.4 is 5.73 Å². The number of fused-ring (bicyclic) bond motifs is 2. The van der Waals surface area contributed by atoms with E-state index < -0.39 is 0 Å². The van der Waals surface area contributed by atoms with E-state index in [1.54, 1.807) is 0 Å². The third-order valence-electron chi connectivity index (χ3n) is 3.85. The first-order chi connectivity index (χ1) is 7.58. The van der Waals surface area contributed by atoms with Crippen LogP contribution in [0.25, 0.3) is 0 Å². The molecule has 2 rings (SSSR count). The van der Waals surface area contributed by atoms with Gasteiger partial charge in [-0.25, -0.2) is 0 Å². The smallest absolute Gasteiger partial charge is 0.218 e. The van der Waals surface area contributed by atoms with E-state index in [1.165, 1.54) is 6.42 Å². The maximum absolute atomic E-state index is 11.5. The maximum atomic E-state index is 11.5. The molecule has 0 aromatic heterocycles. The predicted octanol–water partition coefficient (Wildman–Crippen LogP) is 0.836. The van der Waals surface area contributed by atoms with Crippen LogP contribution in [0.15, 0.2) is 0 Å². The Hall–Kier alpha value is -0.900. The van der Waals surface area contributed by atoms with Gasteiger partial charge < -0.3 is 5.73 Å². The lowest BCUT2D eigenvalue weighted by atomic mass is 9.82. The highest BCUT2D eigenvalue weighted by molar-refractivity contribution is 5.80. The predicted molar refractivity (Wildman–Crippen MR) is 60.8 cm³/mol. The van der Waals surface area contributed by atoms with Crippen LogP contribution in [0, 0.1) is 0 Å². The Labute approximate surface area is 96.2 Å². The lowest BCUT2D eigenvalue weighted by Gasteiger charge is -2.48. The molecule has 90 valence electrons. The van der Waals surface area contributed by atoms with E-state index in [4.69, 9.17) is 5.73 Å². The van der Waals surface area contributed by atoms with Crippen molar-refractivity contribution >= 4 is 11.7 Å². The van der Waals surface area contributed by atoms with Crippen molar-refractivity contribution in [1.82, 2.24) is 4.90 Å². The summed E-state index contributed by atoms with van der Waals surface area (Å²) in [5.41, 5.74) is 5.25. The summed E-state index contributed by atoms with van der Waals surface area (Å²) in [5.74, 6) is 0.139. The molecule has 2 N–H and O–H groups in total. The van der Waals surface area contributed by atoms with E-state index in [0.717, 1.165) is 12.8 Å². The second-order valence-corrected chi connectivity index (χ2v) is 5.15. The fourth-order valence-corrected chi connectivity index (χ4v) is 3.33. The Morgan fingerprint density at radius 3 is 2.50 bits per heavy atom. The molecule has 2 bridgehead atoms. The number of ketones is 1. The van der Waals surface area contributed by atoms with Crippen LogP contribution in [-0.2, 0) is 9.59 Å². The highest BCUT2D eigenvalue weighted by atomic mass is 16.1. The molecule has 2 fully saturated rings. The van der Waals surface area contributed by atoms with Gasteiger partial charge in [-0.1, -0.05) is 6.42 Å². The summed E-state index contributed by atoms with van der Waals surface area (Å²) in [4.78, 5) is 24.9. The number of hydrogen-bond donors (Lipinski definition) is 1. The number of carbonyl (C=O) groups is 2. The van der Waals surface area contributed by atoms with Crippen LogP contribution >= 0.6 is 0 Å². The van der Waals surface area contributed by atoms with Crippen molar-refractivity contribution in [3.63, 3.8) is 0 Å². The second kappa shape index (κ2) is 4.53. The first kappa shape index (κ1) is 11.6. The van der Waals surface area contributed by atoms with Gasteiger partial charge >= 0.3 is 0 Å². The van der Waals surface area contributed by atoms with Gasteiger partial charge in [-0.05, 0) is 19.8 Å². The molecule has 0 spiro atoms. The van der Waals surface area contributed by atoms with Crippen molar-refractivity contribution < 1.29 is 9.59 Å². The highest BCUT2D eigenvalue weighted by Crippen LogP contribution is 2.34. The summed E-state index contributed by atoms with van der Waals surface area (Å²) in [6, 6.07) is 0.893. The summed E-state index contributed by atoms with van der Waals surface area (Å²) in [6.45, 7) is 2.05. The highest BCUT2D eigenvalue weighted by Gasteiger charge is 2.39. The van der Waals surface area contributed by atoms with Crippen LogP contribution in [0.4, 0.5) is 0 Å². The Morgan fingerprint density at radius 2 is 2.00 bits per heavy atom. The maximum Gasteiger partial charge on any atom is 0.218 e. The quantitative estimate of drug-likeness (QED) is 0.772. The number of Topliss-reactive ketones (excluding diaryl/α,β-unsaturated/α-hetero) is 1. The van der Waals surface area contributed by atoms with Gasteiger partial charge in [0.05, 0.1) is 0 Å². The third kappa shape index (κ3) is 2.26. The second-order valence-electron chi connectivity index (χ2n) is 5.15. The minimum absolute atomic E-state index is 0.181. The molecule has 0 saturated carbocycles. The van der Waals surface area contributed by atoms with Crippen molar-refractivity contribution in [1.29, 1.82) is 0 Å². The Balaban J connectivity index is 2.08. The Kier molecular flexibility index (Phi) is 3.28. The average Bonchev–Trinajstić information content (AvgIpc) is 2.14. The van der Waals surface area contributed by atoms with E-state index in [-0.39, 0.29) is 11.9 Å². The monoisotopic (exact) mass is 224 g/mol. The van der Waals surface area contributed by atoms with Crippen LogP contribution in [0.5, 0.6) is 0 Å². The standard InChI is InChI=1S/C12H20N2O2/c1-8(5-12(13)16)14-9-3-2-4-10(14)7-11(15)6-9/h8-10H,2-7H2,1H3,(H2,13,16). The SMILES string of the molecule is CC(CC(N)=O)N1C2CCCC1CC(=O)C2. The summed E-state index contributed by atoms with van der Waals surface area (Å²) in [7, 11) is 0. The summed E-state index contributed by atoms with van der Waals surface area (Å²) in [5, 5.41) is 0. The van der Waals surface area contributed by atoms with Gasteiger partial charge in [0.2, 0.25) is 5.91 Å². The fourth-order valence-electron chi connectivity index (χ4n) is 3.33. The van der Waals surface area contributed by atoms with Gasteiger partial charge in [0.15, 0.2) is 0 Å². The number of primary amides is 1. The number of amides is 1. The molecule has 16 heavy (non-hydrogen) atoms. The van der Waals surface area contributed by atoms with E-state index >= 15 is 0 Å². The molecule has 2 saturated heterocycles. The Bertz CT molecular complexity index is 287. The summed E-state index contributed by atoms with van der Waals surface area (Å²) in [6.07, 6.45) is 5.12. The largest absolute Gasteiger partial charge is 0.370 e. The molecular weight excluding hydrogens is 204 g/mol. The molecule has 0 aromatic carbocycles. The van der Waals surface area contributed by atoms with Crippen LogP contribution in [0.3, 0.4) is 0 Å². The van der Waals surface area contributed by atoms with Crippen molar-refractivity contribution in [2.24, 2.45) is 5.73 Å². The van der Waals surface area contributed by atoms with Gasteiger partial charge in [-0.3, -0.25) is 14.5 Å². The van der Waals surface area contributed by atoms with E-state index in [2.05, 4.69) is 4.90 Å². The normalized spacial score (nSPS) is 32.4. The van der Waals surface area contributed by atoms with E-state index in [9.17, 15) is 9.59 Å². The van der Waals surface area contributed by atoms with Crippen molar-refractivity contribution in [3.05, 3.63) is 0 Å². The number of hydrogen-bond acceptors (Lipinski definition) is 3. The molecular formula is C12H20N2O2. The fraction of sp³-hybridized carbons (Fsp3) is 0.833. The third-order valence-corrected chi connectivity index (χ3v) is 3.85. The minimum atomic E-state index is -0.248. The molecule has 4 nitrogen and oxygen atoms in total. The molecule has 1 amide bonds. The zero-order valence-corrected chi connectivity index (χ0v) is 9.82. The average molecular weight is 224 g/mol. The van der Waals surface area contributed by atoms with Gasteiger partial charge in [-0.15, -0.1) is 0 Å². The zero-order chi connectivity index (χ0) is 11.7. The molecule has 3 unspecified atom stereocenters. The molecule has 0 aromatic rings. The lowest BCUT2D eigenvalue weighted by Crippen LogP contribution is -2.56. The number of carbonyl (C=O) groups excluding carboxylic acids is 2. The molecule has 0 radical (unpaired) electrons. The molecule has 0 aliphatic carbocycles. The Morgan fingerprint density at radius 1 is 1.44 bits per heavy atom. The van der Waals surface area contributed by atoms with Gasteiger partial charge in [0.25, 0.3) is 0 Å². The first-order valence-corrected chi connectivity index (χ1v) is 6.15. The first-order valence-electron chi connectivity index (χ1n) is 6.15. The van der Waals surface area contributed by atoms with E-state index in [1.807, 2.05) is 6.92 Å². The topological polar surface area (TPSA) is 63.4 Å². The molecule has 3 atom stereocenters. The van der Waals surface area contributed by atoms with Crippen molar-refractivity contribution in [3.8, 4) is 0 Å². The van der Waals surface area contributed by atoms with E-state index in [0.29, 0.717) is 37.1 Å². The zero-order valence-electron chi connectivity index (χ0n) is 9.82. The molecule has 2 heterocycles. The number of nitrogens with zero attached hydrogens (tertiary/aromatic N) is 1.